The van der Waals surface area contributed by atoms with Crippen molar-refractivity contribution in [1.82, 2.24) is 9.80 Å². The van der Waals surface area contributed by atoms with E-state index in [0.717, 1.165) is 44.3 Å². The first kappa shape index (κ1) is 13.5. The van der Waals surface area contributed by atoms with Crippen molar-refractivity contribution in [2.24, 2.45) is 0 Å². The van der Waals surface area contributed by atoms with Crippen LogP contribution in [0.15, 0.2) is 17.5 Å². The van der Waals surface area contributed by atoms with Crippen LogP contribution in [0.4, 0.5) is 0 Å². The molecule has 0 aromatic carbocycles. The second kappa shape index (κ2) is 6.87. The summed E-state index contributed by atoms with van der Waals surface area (Å²) >= 11 is 1.64. The average Bonchev–Trinajstić information content (AvgIpc) is 2.90. The van der Waals surface area contributed by atoms with Gasteiger partial charge in [0.2, 0.25) is 5.91 Å². The summed E-state index contributed by atoms with van der Waals surface area (Å²) in [6, 6.07) is 4.00. The summed E-state index contributed by atoms with van der Waals surface area (Å²) < 4.78 is 5.30. The summed E-state index contributed by atoms with van der Waals surface area (Å²) in [7, 11) is 1.89. The molecule has 0 radical (unpaired) electrons. The lowest BCUT2D eigenvalue weighted by molar-refractivity contribution is -0.129. The smallest absolute Gasteiger partial charge is 0.227 e. The van der Waals surface area contributed by atoms with E-state index in [9.17, 15) is 4.79 Å². The predicted octanol–water partition coefficient (Wildman–Crippen LogP) is 1.08. The third-order valence-electron chi connectivity index (χ3n) is 3.19. The van der Waals surface area contributed by atoms with Gasteiger partial charge < -0.3 is 9.64 Å². The fourth-order valence-corrected chi connectivity index (χ4v) is 2.63. The molecule has 5 heteroatoms. The molecule has 1 aromatic heterocycles. The van der Waals surface area contributed by atoms with Gasteiger partial charge in [0, 0.05) is 38.1 Å². The minimum atomic E-state index is 0.200. The highest BCUT2D eigenvalue weighted by molar-refractivity contribution is 7.10. The molecule has 2 rings (SSSR count). The molecule has 1 aliphatic heterocycles. The van der Waals surface area contributed by atoms with E-state index in [4.69, 9.17) is 4.74 Å². The summed E-state index contributed by atoms with van der Waals surface area (Å²) in [5.74, 6) is 0.200. The van der Waals surface area contributed by atoms with Crippen LogP contribution in [0.1, 0.15) is 4.88 Å². The largest absolute Gasteiger partial charge is 0.379 e. The van der Waals surface area contributed by atoms with Gasteiger partial charge in [-0.25, -0.2) is 0 Å². The molecule has 0 bridgehead atoms. The van der Waals surface area contributed by atoms with Crippen LogP contribution in [0.5, 0.6) is 0 Å². The molecule has 1 amide bonds. The molecule has 2 heterocycles. The monoisotopic (exact) mass is 268 g/mol. The maximum atomic E-state index is 12.0. The van der Waals surface area contributed by atoms with Gasteiger partial charge in [0.1, 0.15) is 0 Å². The fourth-order valence-electron chi connectivity index (χ4n) is 1.94. The highest BCUT2D eigenvalue weighted by atomic mass is 32.1. The summed E-state index contributed by atoms with van der Waals surface area (Å²) in [5, 5.41) is 2.01. The van der Waals surface area contributed by atoms with E-state index >= 15 is 0 Å². The van der Waals surface area contributed by atoms with Crippen molar-refractivity contribution in [3.63, 3.8) is 0 Å². The Labute approximate surface area is 112 Å². The second-order valence-electron chi connectivity index (χ2n) is 4.53. The molecule has 18 heavy (non-hydrogen) atoms. The van der Waals surface area contributed by atoms with Crippen molar-refractivity contribution in [2.45, 2.75) is 6.42 Å². The number of likely N-dealkylation sites (N-methyl/N-ethyl adjacent to an activating group) is 1. The molecule has 1 saturated heterocycles. The molecule has 0 atom stereocenters. The Morgan fingerprint density at radius 3 is 2.94 bits per heavy atom. The van der Waals surface area contributed by atoms with Crippen molar-refractivity contribution in [3.05, 3.63) is 22.4 Å². The summed E-state index contributed by atoms with van der Waals surface area (Å²) in [6.45, 7) is 5.32. The summed E-state index contributed by atoms with van der Waals surface area (Å²) in [6.07, 6.45) is 0.525. The number of hydrogen-bond acceptors (Lipinski definition) is 4. The molecule has 4 nitrogen and oxygen atoms in total. The predicted molar refractivity (Wildman–Crippen MR) is 72.9 cm³/mol. The van der Waals surface area contributed by atoms with Gasteiger partial charge in [0.25, 0.3) is 0 Å². The van der Waals surface area contributed by atoms with Gasteiger partial charge >= 0.3 is 0 Å². The van der Waals surface area contributed by atoms with Crippen molar-refractivity contribution in [3.8, 4) is 0 Å². The van der Waals surface area contributed by atoms with Crippen LogP contribution in [0.3, 0.4) is 0 Å². The zero-order valence-electron chi connectivity index (χ0n) is 10.8. The highest BCUT2D eigenvalue weighted by Gasteiger charge is 2.14. The Hall–Kier alpha value is -0.910. The molecule has 1 fully saturated rings. The molecule has 1 aromatic rings. The minimum Gasteiger partial charge on any atom is -0.379 e. The van der Waals surface area contributed by atoms with Crippen LogP contribution in [0.25, 0.3) is 0 Å². The maximum absolute atomic E-state index is 12.0. The highest BCUT2D eigenvalue weighted by Crippen LogP contribution is 2.10. The van der Waals surface area contributed by atoms with Crippen LogP contribution in [0, 0.1) is 0 Å². The number of hydrogen-bond donors (Lipinski definition) is 0. The number of amides is 1. The van der Waals surface area contributed by atoms with E-state index in [1.165, 1.54) is 0 Å². The van der Waals surface area contributed by atoms with E-state index < -0.39 is 0 Å². The van der Waals surface area contributed by atoms with E-state index in [1.54, 1.807) is 11.3 Å². The zero-order chi connectivity index (χ0) is 12.8. The molecule has 1 aliphatic rings. The number of rotatable bonds is 5. The molecule has 0 spiro atoms. The molecular weight excluding hydrogens is 248 g/mol. The number of carbonyl (C=O) groups is 1. The SMILES string of the molecule is CN(CCN1CCOCC1)C(=O)Cc1cccs1. The Morgan fingerprint density at radius 2 is 2.28 bits per heavy atom. The van der Waals surface area contributed by atoms with E-state index in [-0.39, 0.29) is 5.91 Å². The normalized spacial score (nSPS) is 16.7. The number of thiophene rings is 1. The number of ether oxygens (including phenoxy) is 1. The van der Waals surface area contributed by atoms with Gasteiger partial charge in [0.15, 0.2) is 0 Å². The molecule has 0 aliphatic carbocycles. The number of nitrogens with zero attached hydrogens (tertiary/aromatic N) is 2. The van der Waals surface area contributed by atoms with E-state index in [2.05, 4.69) is 4.90 Å². The fraction of sp³-hybridized carbons (Fsp3) is 0.615. The quantitative estimate of drug-likeness (QED) is 0.801. The molecule has 0 N–H and O–H groups in total. The Bertz CT molecular complexity index is 361. The lowest BCUT2D eigenvalue weighted by atomic mass is 10.3. The minimum absolute atomic E-state index is 0.200. The third-order valence-corrected chi connectivity index (χ3v) is 4.06. The second-order valence-corrected chi connectivity index (χ2v) is 5.56. The zero-order valence-corrected chi connectivity index (χ0v) is 11.6. The van der Waals surface area contributed by atoms with Gasteiger partial charge in [-0.15, -0.1) is 11.3 Å². The van der Waals surface area contributed by atoms with Gasteiger partial charge in [-0.2, -0.15) is 0 Å². The third kappa shape index (κ3) is 4.08. The molecule has 100 valence electrons. The van der Waals surface area contributed by atoms with Gasteiger partial charge in [-0.1, -0.05) is 6.07 Å². The van der Waals surface area contributed by atoms with E-state index in [1.807, 2.05) is 29.5 Å². The number of carbonyl (C=O) groups excluding carboxylic acids is 1. The lowest BCUT2D eigenvalue weighted by Crippen LogP contribution is -2.42. The topological polar surface area (TPSA) is 32.8 Å². The summed E-state index contributed by atoms with van der Waals surface area (Å²) in [5.41, 5.74) is 0. The first-order valence-electron chi connectivity index (χ1n) is 6.32. The van der Waals surface area contributed by atoms with Gasteiger partial charge in [-0.05, 0) is 11.4 Å². The van der Waals surface area contributed by atoms with Crippen molar-refractivity contribution >= 4 is 17.2 Å². The van der Waals surface area contributed by atoms with E-state index in [0.29, 0.717) is 6.42 Å². The summed E-state index contributed by atoms with van der Waals surface area (Å²) in [4.78, 5) is 17.3. The molecular formula is C13H20N2O2S. The molecule has 0 saturated carbocycles. The Morgan fingerprint density at radius 1 is 1.50 bits per heavy atom. The first-order chi connectivity index (χ1) is 8.75. The van der Waals surface area contributed by atoms with Crippen LogP contribution >= 0.6 is 11.3 Å². The van der Waals surface area contributed by atoms with Crippen LogP contribution in [-0.2, 0) is 16.0 Å². The van der Waals surface area contributed by atoms with Gasteiger partial charge in [-0.3, -0.25) is 9.69 Å². The lowest BCUT2D eigenvalue weighted by Gasteiger charge is -2.28. The average molecular weight is 268 g/mol. The van der Waals surface area contributed by atoms with Crippen molar-refractivity contribution < 1.29 is 9.53 Å². The van der Waals surface area contributed by atoms with Crippen molar-refractivity contribution in [2.75, 3.05) is 46.4 Å². The molecule has 0 unspecified atom stereocenters. The standard InChI is InChI=1S/C13H20N2O2S/c1-14(4-5-15-6-8-17-9-7-15)13(16)11-12-3-2-10-18-12/h2-3,10H,4-9,11H2,1H3. The Balaban J connectivity index is 1.70. The maximum Gasteiger partial charge on any atom is 0.227 e. The van der Waals surface area contributed by atoms with Crippen LogP contribution in [-0.4, -0.2) is 62.1 Å². The van der Waals surface area contributed by atoms with Crippen LogP contribution < -0.4 is 0 Å². The van der Waals surface area contributed by atoms with Crippen LogP contribution in [0.2, 0.25) is 0 Å². The van der Waals surface area contributed by atoms with Crippen molar-refractivity contribution in [1.29, 1.82) is 0 Å². The first-order valence-corrected chi connectivity index (χ1v) is 7.20. The number of morpholine rings is 1. The van der Waals surface area contributed by atoms with Gasteiger partial charge in [0.05, 0.1) is 19.6 Å². The Kier molecular flexibility index (Phi) is 5.16.